The molecular formula is C44H46N2O10. The number of ether oxygens (including phenoxy) is 4. The van der Waals surface area contributed by atoms with Crippen molar-refractivity contribution in [3.63, 3.8) is 0 Å². The van der Waals surface area contributed by atoms with E-state index in [1.165, 1.54) is 14.2 Å². The van der Waals surface area contributed by atoms with Gasteiger partial charge in [-0.2, -0.15) is 0 Å². The number of ketones is 2. The van der Waals surface area contributed by atoms with E-state index in [-0.39, 0.29) is 34.2 Å². The molecule has 0 unspecified atom stereocenters. The number of aliphatic hydroxyl groups is 2. The molecule has 12 nitrogen and oxygen atoms in total. The largest absolute Gasteiger partial charge is 0.505 e. The second kappa shape index (κ2) is 15.2. The zero-order valence-electron chi connectivity index (χ0n) is 32.1. The SMILES string of the molecule is COC(=O)C1=C(O)c2c(-c3ccc(OC)cc3)ccn2C2(CCCCC2)C1=O.COC(=O)C1=C(O)c2cc(-c3ccc(OC)cc3)cn2C2(CCCCC2)C1=O. The molecule has 2 spiro atoms. The molecule has 4 aromatic rings. The summed E-state index contributed by atoms with van der Waals surface area (Å²) in [7, 11) is 5.66. The van der Waals surface area contributed by atoms with Gasteiger partial charge in [0.2, 0.25) is 0 Å². The molecule has 292 valence electrons. The number of aromatic nitrogens is 2. The van der Waals surface area contributed by atoms with Gasteiger partial charge < -0.3 is 38.3 Å². The summed E-state index contributed by atoms with van der Waals surface area (Å²) in [4.78, 5) is 51.4. The van der Waals surface area contributed by atoms with E-state index in [1.807, 2.05) is 82.2 Å². The summed E-state index contributed by atoms with van der Waals surface area (Å²) in [5, 5.41) is 21.7. The van der Waals surface area contributed by atoms with Gasteiger partial charge in [-0.15, -0.1) is 0 Å². The van der Waals surface area contributed by atoms with Crippen molar-refractivity contribution < 1.29 is 48.3 Å². The molecule has 2 aromatic heterocycles. The molecule has 0 atom stereocenters. The summed E-state index contributed by atoms with van der Waals surface area (Å²) in [6.45, 7) is 0. The number of benzene rings is 2. The second-order valence-electron chi connectivity index (χ2n) is 14.7. The van der Waals surface area contributed by atoms with Crippen molar-refractivity contribution in [1.29, 1.82) is 0 Å². The highest BCUT2D eigenvalue weighted by atomic mass is 16.5. The first-order valence-corrected chi connectivity index (χ1v) is 18.9. The minimum absolute atomic E-state index is 0.240. The zero-order valence-corrected chi connectivity index (χ0v) is 32.1. The Morgan fingerprint density at radius 2 is 1.05 bits per heavy atom. The van der Waals surface area contributed by atoms with Crippen LogP contribution in [-0.4, -0.2) is 71.3 Å². The van der Waals surface area contributed by atoms with Gasteiger partial charge in [-0.25, -0.2) is 9.59 Å². The molecule has 4 aliphatic rings. The van der Waals surface area contributed by atoms with Gasteiger partial charge in [0.1, 0.15) is 33.7 Å². The lowest BCUT2D eigenvalue weighted by molar-refractivity contribution is -0.141. The van der Waals surface area contributed by atoms with Gasteiger partial charge >= 0.3 is 11.9 Å². The molecule has 4 heterocycles. The molecule has 2 aromatic carbocycles. The van der Waals surface area contributed by atoms with Crippen LogP contribution in [0.3, 0.4) is 0 Å². The molecule has 2 saturated carbocycles. The normalized spacial score (nSPS) is 18.1. The van der Waals surface area contributed by atoms with Gasteiger partial charge in [0.25, 0.3) is 0 Å². The summed E-state index contributed by atoms with van der Waals surface area (Å²) in [5.74, 6) is -1.42. The fourth-order valence-electron chi connectivity index (χ4n) is 8.91. The van der Waals surface area contributed by atoms with Crippen LogP contribution < -0.4 is 9.47 Å². The smallest absolute Gasteiger partial charge is 0.345 e. The van der Waals surface area contributed by atoms with Crippen LogP contribution in [0.2, 0.25) is 0 Å². The van der Waals surface area contributed by atoms with E-state index in [2.05, 4.69) is 0 Å². The van der Waals surface area contributed by atoms with Crippen LogP contribution in [0.4, 0.5) is 0 Å². The number of methoxy groups -OCH3 is 4. The predicted molar refractivity (Wildman–Crippen MR) is 208 cm³/mol. The van der Waals surface area contributed by atoms with Crippen LogP contribution in [0, 0.1) is 0 Å². The van der Waals surface area contributed by atoms with Crippen LogP contribution in [-0.2, 0) is 39.7 Å². The van der Waals surface area contributed by atoms with Crippen molar-refractivity contribution in [2.24, 2.45) is 0 Å². The predicted octanol–water partition coefficient (Wildman–Crippen LogP) is 7.70. The Labute approximate surface area is 324 Å². The number of aliphatic hydroxyl groups excluding tert-OH is 2. The van der Waals surface area contributed by atoms with Gasteiger partial charge in [-0.3, -0.25) is 9.59 Å². The third kappa shape index (κ3) is 6.17. The van der Waals surface area contributed by atoms with E-state index in [0.29, 0.717) is 37.1 Å². The average Bonchev–Trinajstić information content (AvgIpc) is 3.91. The Morgan fingerprint density at radius 3 is 1.54 bits per heavy atom. The lowest BCUT2D eigenvalue weighted by Crippen LogP contribution is -2.48. The van der Waals surface area contributed by atoms with E-state index < -0.39 is 23.0 Å². The van der Waals surface area contributed by atoms with E-state index >= 15 is 0 Å². The summed E-state index contributed by atoms with van der Waals surface area (Å²) >= 11 is 0. The third-order valence-corrected chi connectivity index (χ3v) is 11.8. The maximum absolute atomic E-state index is 13.3. The fourth-order valence-corrected chi connectivity index (χ4v) is 8.91. The van der Waals surface area contributed by atoms with Crippen molar-refractivity contribution >= 4 is 35.0 Å². The number of carbonyl (C=O) groups is 4. The summed E-state index contributed by atoms with van der Waals surface area (Å²) < 4.78 is 23.8. The highest BCUT2D eigenvalue weighted by molar-refractivity contribution is 6.26. The molecule has 0 amide bonds. The highest BCUT2D eigenvalue weighted by Crippen LogP contribution is 2.48. The van der Waals surface area contributed by atoms with Gasteiger partial charge in [0.05, 0.1) is 39.8 Å². The maximum atomic E-state index is 13.3. The molecule has 2 N–H and O–H groups in total. The number of rotatable bonds is 6. The Morgan fingerprint density at radius 1 is 0.589 bits per heavy atom. The van der Waals surface area contributed by atoms with Crippen molar-refractivity contribution in [1.82, 2.24) is 9.13 Å². The lowest BCUT2D eigenvalue weighted by Gasteiger charge is -2.41. The van der Waals surface area contributed by atoms with E-state index in [1.54, 1.807) is 14.2 Å². The Bertz CT molecular complexity index is 2230. The zero-order chi connectivity index (χ0) is 39.8. The first kappa shape index (κ1) is 38.2. The Hall–Kier alpha value is -6.04. The second-order valence-corrected chi connectivity index (χ2v) is 14.7. The number of fused-ring (bicyclic) bond motifs is 4. The first-order chi connectivity index (χ1) is 27.0. The summed E-state index contributed by atoms with van der Waals surface area (Å²) in [6.07, 6.45) is 12.0. The molecule has 2 fully saturated rings. The van der Waals surface area contributed by atoms with Crippen LogP contribution >= 0.6 is 0 Å². The Kier molecular flexibility index (Phi) is 10.4. The number of hydrogen-bond acceptors (Lipinski definition) is 10. The molecule has 2 aliphatic heterocycles. The van der Waals surface area contributed by atoms with E-state index in [0.717, 1.165) is 72.3 Å². The number of esters is 2. The third-order valence-electron chi connectivity index (χ3n) is 11.8. The minimum Gasteiger partial charge on any atom is -0.505 e. The van der Waals surface area contributed by atoms with Gasteiger partial charge in [-0.05, 0) is 73.2 Å². The van der Waals surface area contributed by atoms with Gasteiger partial charge in [0.15, 0.2) is 23.1 Å². The van der Waals surface area contributed by atoms with E-state index in [4.69, 9.17) is 18.9 Å². The number of hydrogen-bond donors (Lipinski definition) is 2. The first-order valence-electron chi connectivity index (χ1n) is 18.9. The minimum atomic E-state index is -0.839. The number of carbonyl (C=O) groups excluding carboxylic acids is 4. The molecule has 8 rings (SSSR count). The molecule has 0 saturated heterocycles. The van der Waals surface area contributed by atoms with Gasteiger partial charge in [-0.1, -0.05) is 62.8 Å². The fraction of sp³-hybridized carbons (Fsp3) is 0.364. The molecule has 56 heavy (non-hydrogen) atoms. The van der Waals surface area contributed by atoms with Crippen molar-refractivity contribution in [3.05, 3.63) is 95.6 Å². The average molecular weight is 763 g/mol. The quantitative estimate of drug-likeness (QED) is 0.148. The molecule has 2 aliphatic carbocycles. The molecular weight excluding hydrogens is 716 g/mol. The summed E-state index contributed by atoms with van der Waals surface area (Å²) in [5.41, 5.74) is 2.25. The van der Waals surface area contributed by atoms with E-state index in [9.17, 15) is 29.4 Å². The highest BCUT2D eigenvalue weighted by Gasteiger charge is 2.52. The number of nitrogens with zero attached hydrogens (tertiary/aromatic N) is 2. The standard InChI is InChI=1S/2C22H23NO5/c1-27-15-8-6-14(7-9-15)16-10-13-23-18(16)19(24)17(21(26)28-2)20(25)22(23)11-4-3-5-12-22;1-27-16-8-6-14(7-9-16)15-12-17-19(24)18(21(26)28-2)20(25)22(23(17)13-15)10-4-3-5-11-22/h6-10,13,24H,3-5,11-12H2,1-2H3;6-9,12-13,24H,3-5,10-11H2,1-2H3. The monoisotopic (exact) mass is 762 g/mol. The topological polar surface area (TPSA) is 156 Å². The number of Topliss-reactive ketones (excluding diaryl/α,β-unsaturated/α-hetero) is 2. The maximum Gasteiger partial charge on any atom is 0.345 e. The van der Waals surface area contributed by atoms with Crippen molar-refractivity contribution in [2.75, 3.05) is 28.4 Å². The summed E-state index contributed by atoms with van der Waals surface area (Å²) in [6, 6.07) is 18.8. The van der Waals surface area contributed by atoms with Crippen molar-refractivity contribution in [3.8, 4) is 33.8 Å². The van der Waals surface area contributed by atoms with Crippen LogP contribution in [0.1, 0.15) is 75.6 Å². The van der Waals surface area contributed by atoms with Crippen LogP contribution in [0.5, 0.6) is 11.5 Å². The van der Waals surface area contributed by atoms with Gasteiger partial charge in [0, 0.05) is 23.5 Å². The van der Waals surface area contributed by atoms with Crippen LogP contribution in [0.15, 0.2) is 84.2 Å². The van der Waals surface area contributed by atoms with Crippen molar-refractivity contribution in [2.45, 2.75) is 75.3 Å². The lowest BCUT2D eigenvalue weighted by atomic mass is 9.73. The van der Waals surface area contributed by atoms with Crippen LogP contribution in [0.25, 0.3) is 33.8 Å². The molecule has 0 bridgehead atoms. The molecule has 12 heteroatoms. The molecule has 0 radical (unpaired) electrons. The Balaban J connectivity index is 0.000000172.